The van der Waals surface area contributed by atoms with E-state index in [4.69, 9.17) is 5.73 Å². The van der Waals surface area contributed by atoms with Crippen LogP contribution >= 0.6 is 0 Å². The smallest absolute Gasteiger partial charge is 0.221 e. The molecular formula is C18H22N2O. The Labute approximate surface area is 126 Å². The highest BCUT2D eigenvalue weighted by atomic mass is 16.1. The minimum absolute atomic E-state index is 0.0199. The second-order valence-corrected chi connectivity index (χ2v) is 5.14. The van der Waals surface area contributed by atoms with Crippen LogP contribution in [0.25, 0.3) is 0 Å². The van der Waals surface area contributed by atoms with Gasteiger partial charge in [0.25, 0.3) is 0 Å². The van der Waals surface area contributed by atoms with Gasteiger partial charge in [-0.1, -0.05) is 60.7 Å². The summed E-state index contributed by atoms with van der Waals surface area (Å²) in [6.07, 6.45) is 1.29. The topological polar surface area (TPSA) is 55.1 Å². The van der Waals surface area contributed by atoms with E-state index >= 15 is 0 Å². The highest BCUT2D eigenvalue weighted by Gasteiger charge is 2.13. The number of rotatable bonds is 7. The van der Waals surface area contributed by atoms with E-state index in [0.717, 1.165) is 6.42 Å². The number of amides is 1. The summed E-state index contributed by atoms with van der Waals surface area (Å²) in [6.45, 7) is 1.03. The zero-order chi connectivity index (χ0) is 14.9. The van der Waals surface area contributed by atoms with Crippen LogP contribution < -0.4 is 11.1 Å². The normalized spacial score (nSPS) is 11.9. The lowest BCUT2D eigenvalue weighted by Gasteiger charge is -2.18. The van der Waals surface area contributed by atoms with Crippen LogP contribution in [0.15, 0.2) is 60.7 Å². The summed E-state index contributed by atoms with van der Waals surface area (Å²) in [7, 11) is 0. The number of nitrogens with one attached hydrogen (secondary N) is 1. The molecule has 2 aromatic carbocycles. The van der Waals surface area contributed by atoms with E-state index < -0.39 is 0 Å². The Hall–Kier alpha value is -2.13. The third-order valence-corrected chi connectivity index (χ3v) is 3.51. The maximum Gasteiger partial charge on any atom is 0.221 e. The molecule has 1 unspecified atom stereocenters. The predicted molar refractivity (Wildman–Crippen MR) is 86.0 cm³/mol. The lowest BCUT2D eigenvalue weighted by atomic mass is 9.92. The van der Waals surface area contributed by atoms with Gasteiger partial charge in [0, 0.05) is 25.4 Å². The summed E-state index contributed by atoms with van der Waals surface area (Å²) < 4.78 is 0. The van der Waals surface area contributed by atoms with Crippen LogP contribution in [0.4, 0.5) is 0 Å². The molecule has 3 N–H and O–H groups in total. The fraction of sp³-hybridized carbons (Fsp3) is 0.278. The van der Waals surface area contributed by atoms with Gasteiger partial charge in [-0.25, -0.2) is 0 Å². The van der Waals surface area contributed by atoms with Crippen molar-refractivity contribution in [3.8, 4) is 0 Å². The molecule has 1 amide bonds. The van der Waals surface area contributed by atoms with Crippen molar-refractivity contribution in [3.63, 3.8) is 0 Å². The Morgan fingerprint density at radius 2 is 1.62 bits per heavy atom. The molecule has 110 valence electrons. The first-order valence-electron chi connectivity index (χ1n) is 7.35. The van der Waals surface area contributed by atoms with Crippen LogP contribution in [0.3, 0.4) is 0 Å². The molecule has 0 aliphatic rings. The molecule has 0 saturated heterocycles. The van der Waals surface area contributed by atoms with E-state index in [9.17, 15) is 4.79 Å². The molecule has 0 aliphatic carbocycles. The average Bonchev–Trinajstić information content (AvgIpc) is 2.53. The molecule has 0 spiro atoms. The SMILES string of the molecule is NCCC(=O)NCC(Cc1ccccc1)c1ccccc1. The van der Waals surface area contributed by atoms with E-state index in [-0.39, 0.29) is 11.8 Å². The molecule has 0 bridgehead atoms. The third-order valence-electron chi connectivity index (χ3n) is 3.51. The second kappa shape index (κ2) is 8.22. The van der Waals surface area contributed by atoms with Gasteiger partial charge in [-0.2, -0.15) is 0 Å². The highest BCUT2D eigenvalue weighted by Crippen LogP contribution is 2.20. The number of carbonyl (C=O) groups is 1. The Balaban J connectivity index is 2.06. The summed E-state index contributed by atoms with van der Waals surface area (Å²) in [5.74, 6) is 0.293. The quantitative estimate of drug-likeness (QED) is 0.819. The molecule has 0 aromatic heterocycles. The minimum Gasteiger partial charge on any atom is -0.355 e. The molecule has 0 saturated carbocycles. The molecule has 3 heteroatoms. The van der Waals surface area contributed by atoms with Gasteiger partial charge >= 0.3 is 0 Å². The van der Waals surface area contributed by atoms with Gasteiger partial charge in [-0.15, -0.1) is 0 Å². The van der Waals surface area contributed by atoms with Crippen molar-refractivity contribution in [1.82, 2.24) is 5.32 Å². The van der Waals surface area contributed by atoms with Crippen LogP contribution in [0.5, 0.6) is 0 Å². The third kappa shape index (κ3) is 5.04. The molecule has 0 aliphatic heterocycles. The Kier molecular flexibility index (Phi) is 5.98. The Morgan fingerprint density at radius 1 is 1.00 bits per heavy atom. The van der Waals surface area contributed by atoms with Crippen molar-refractivity contribution in [3.05, 3.63) is 71.8 Å². The summed E-state index contributed by atoms with van der Waals surface area (Å²) >= 11 is 0. The van der Waals surface area contributed by atoms with Gasteiger partial charge in [0.2, 0.25) is 5.91 Å². The Bertz CT molecular complexity index is 540. The number of nitrogens with two attached hydrogens (primary N) is 1. The zero-order valence-corrected chi connectivity index (χ0v) is 12.2. The summed E-state index contributed by atoms with van der Waals surface area (Å²) in [6, 6.07) is 20.7. The maximum absolute atomic E-state index is 11.6. The van der Waals surface area contributed by atoms with Gasteiger partial charge in [0.05, 0.1) is 0 Å². The monoisotopic (exact) mass is 282 g/mol. The van der Waals surface area contributed by atoms with Gasteiger partial charge in [-0.05, 0) is 17.5 Å². The molecule has 1 atom stereocenters. The summed E-state index contributed by atoms with van der Waals surface area (Å²) in [4.78, 5) is 11.6. The molecule has 2 rings (SSSR count). The molecule has 2 aromatic rings. The summed E-state index contributed by atoms with van der Waals surface area (Å²) in [5.41, 5.74) is 7.93. The van der Waals surface area contributed by atoms with E-state index in [2.05, 4.69) is 29.6 Å². The molecule has 0 fully saturated rings. The highest BCUT2D eigenvalue weighted by molar-refractivity contribution is 5.76. The van der Waals surface area contributed by atoms with Crippen molar-refractivity contribution in [2.45, 2.75) is 18.8 Å². The van der Waals surface area contributed by atoms with Crippen molar-refractivity contribution < 1.29 is 4.79 Å². The van der Waals surface area contributed by atoms with E-state index in [1.165, 1.54) is 11.1 Å². The number of benzene rings is 2. The maximum atomic E-state index is 11.6. The number of hydrogen-bond acceptors (Lipinski definition) is 2. The van der Waals surface area contributed by atoms with Gasteiger partial charge in [0.15, 0.2) is 0 Å². The van der Waals surface area contributed by atoms with Crippen LogP contribution in [0.2, 0.25) is 0 Å². The average molecular weight is 282 g/mol. The molecule has 21 heavy (non-hydrogen) atoms. The van der Waals surface area contributed by atoms with E-state index in [0.29, 0.717) is 19.5 Å². The van der Waals surface area contributed by atoms with Gasteiger partial charge in [-0.3, -0.25) is 4.79 Å². The van der Waals surface area contributed by atoms with E-state index in [1.54, 1.807) is 0 Å². The molecule has 0 radical (unpaired) electrons. The number of carbonyl (C=O) groups excluding carboxylic acids is 1. The standard InChI is InChI=1S/C18H22N2O/c19-12-11-18(21)20-14-17(16-9-5-2-6-10-16)13-15-7-3-1-4-8-15/h1-10,17H,11-14,19H2,(H,20,21). The van der Waals surface area contributed by atoms with E-state index in [1.807, 2.05) is 36.4 Å². The minimum atomic E-state index is 0.0199. The van der Waals surface area contributed by atoms with Crippen LogP contribution in [-0.2, 0) is 11.2 Å². The van der Waals surface area contributed by atoms with Crippen molar-refractivity contribution in [2.24, 2.45) is 5.73 Å². The van der Waals surface area contributed by atoms with Crippen LogP contribution in [0.1, 0.15) is 23.5 Å². The predicted octanol–water partition coefficient (Wildman–Crippen LogP) is 2.48. The van der Waals surface area contributed by atoms with Gasteiger partial charge in [0.1, 0.15) is 0 Å². The lowest BCUT2D eigenvalue weighted by molar-refractivity contribution is -0.120. The lowest BCUT2D eigenvalue weighted by Crippen LogP contribution is -2.30. The summed E-state index contributed by atoms with van der Waals surface area (Å²) in [5, 5.41) is 2.98. The molecule has 0 heterocycles. The van der Waals surface area contributed by atoms with Crippen molar-refractivity contribution in [1.29, 1.82) is 0 Å². The molecular weight excluding hydrogens is 260 g/mol. The fourth-order valence-electron chi connectivity index (χ4n) is 2.39. The zero-order valence-electron chi connectivity index (χ0n) is 12.2. The fourth-order valence-corrected chi connectivity index (χ4v) is 2.39. The van der Waals surface area contributed by atoms with Crippen molar-refractivity contribution >= 4 is 5.91 Å². The first kappa shape index (κ1) is 15.3. The second-order valence-electron chi connectivity index (χ2n) is 5.14. The number of hydrogen-bond donors (Lipinski definition) is 2. The molecule has 3 nitrogen and oxygen atoms in total. The van der Waals surface area contributed by atoms with Crippen molar-refractivity contribution in [2.75, 3.05) is 13.1 Å². The first-order chi connectivity index (χ1) is 10.3. The van der Waals surface area contributed by atoms with Gasteiger partial charge < -0.3 is 11.1 Å². The van der Waals surface area contributed by atoms with Crippen LogP contribution in [-0.4, -0.2) is 19.0 Å². The van der Waals surface area contributed by atoms with Crippen LogP contribution in [0, 0.1) is 0 Å². The first-order valence-corrected chi connectivity index (χ1v) is 7.35. The largest absolute Gasteiger partial charge is 0.355 e. The Morgan fingerprint density at radius 3 is 2.24 bits per heavy atom.